The van der Waals surface area contributed by atoms with Gasteiger partial charge in [-0.2, -0.15) is 4.31 Å². The normalized spacial score (nSPS) is 15.3. The molecule has 0 saturated carbocycles. The van der Waals surface area contributed by atoms with Gasteiger partial charge in [-0.15, -0.1) is 0 Å². The summed E-state index contributed by atoms with van der Waals surface area (Å²) >= 11 is 0. The van der Waals surface area contributed by atoms with Crippen LogP contribution in [0.25, 0.3) is 0 Å². The Morgan fingerprint density at radius 3 is 0.918 bits per heavy atom. The van der Waals surface area contributed by atoms with Crippen LogP contribution < -0.4 is 0 Å². The van der Waals surface area contributed by atoms with E-state index >= 15 is 0 Å². The molecule has 280 valence electrons. The largest absolute Gasteiger partial charge is 0.484 e. The van der Waals surface area contributed by atoms with Gasteiger partial charge in [-0.3, -0.25) is 9.05 Å². The van der Waals surface area contributed by atoms with Crippen molar-refractivity contribution >= 4 is 15.6 Å². The van der Waals surface area contributed by atoms with E-state index in [1.807, 2.05) is 13.8 Å². The maximum atomic E-state index is 13.0. The van der Waals surface area contributed by atoms with Crippen molar-refractivity contribution in [2.75, 3.05) is 13.2 Å². The topological polar surface area (TPSA) is 102 Å². The van der Waals surface area contributed by atoms with Crippen molar-refractivity contribution in [1.82, 2.24) is 0 Å². The van der Waals surface area contributed by atoms with E-state index in [2.05, 4.69) is 96.2 Å². The molecule has 0 aliphatic rings. The minimum atomic E-state index is -5.10. The van der Waals surface area contributed by atoms with Crippen molar-refractivity contribution in [3.8, 4) is 0 Å². The van der Waals surface area contributed by atoms with Gasteiger partial charge in [-0.05, 0) is 146 Å². The Labute approximate surface area is 299 Å². The summed E-state index contributed by atoms with van der Waals surface area (Å²) in [4.78, 5) is 18.6. The maximum absolute atomic E-state index is 13.0. The lowest BCUT2D eigenvalue weighted by Gasteiger charge is -2.17. The Hall–Kier alpha value is -1.82. The highest BCUT2D eigenvalue weighted by atomic mass is 31.3. The molecule has 0 amide bonds. The molecule has 0 radical (unpaired) electrons. The molecule has 0 aliphatic heterocycles. The molecular formula is C40H68O7P2. The number of rotatable bonds is 26. The summed E-state index contributed by atoms with van der Waals surface area (Å²) in [6.07, 6.45) is 29.0. The fourth-order valence-electron chi connectivity index (χ4n) is 4.73. The number of hydrogen-bond donors (Lipinski definition) is 2. The van der Waals surface area contributed by atoms with Crippen molar-refractivity contribution < 1.29 is 32.3 Å². The van der Waals surface area contributed by atoms with Gasteiger partial charge in [0, 0.05) is 0 Å². The van der Waals surface area contributed by atoms with Crippen molar-refractivity contribution in [2.45, 2.75) is 146 Å². The first-order valence-electron chi connectivity index (χ1n) is 17.8. The molecular weight excluding hydrogens is 654 g/mol. The first-order chi connectivity index (χ1) is 22.9. The smallest absolute Gasteiger partial charge is 0.302 e. The van der Waals surface area contributed by atoms with Gasteiger partial charge in [0.15, 0.2) is 0 Å². The average Bonchev–Trinajstić information content (AvgIpc) is 2.95. The summed E-state index contributed by atoms with van der Waals surface area (Å²) < 4.78 is 39.5. The molecule has 1 atom stereocenters. The summed E-state index contributed by atoms with van der Waals surface area (Å²) in [7, 11) is -9.59. The van der Waals surface area contributed by atoms with Crippen LogP contribution in [-0.4, -0.2) is 23.0 Å². The van der Waals surface area contributed by atoms with Crippen LogP contribution in [0.3, 0.4) is 0 Å². The number of allylic oxidation sites excluding steroid dienone is 14. The summed E-state index contributed by atoms with van der Waals surface area (Å²) in [5.41, 5.74) is 10.3. The van der Waals surface area contributed by atoms with E-state index in [1.54, 1.807) is 12.2 Å². The van der Waals surface area contributed by atoms with Gasteiger partial charge in [0.2, 0.25) is 0 Å². The maximum Gasteiger partial charge on any atom is 0.484 e. The molecule has 0 bridgehead atoms. The lowest BCUT2D eigenvalue weighted by molar-refractivity contribution is 0.159. The third-order valence-corrected chi connectivity index (χ3v) is 10.4. The van der Waals surface area contributed by atoms with Crippen molar-refractivity contribution in [3.05, 3.63) is 93.2 Å². The van der Waals surface area contributed by atoms with E-state index in [-0.39, 0.29) is 13.2 Å². The summed E-state index contributed by atoms with van der Waals surface area (Å²) in [6.45, 7) is 20.8. The van der Waals surface area contributed by atoms with E-state index in [0.717, 1.165) is 88.2 Å². The molecule has 0 rings (SSSR count). The van der Waals surface area contributed by atoms with Gasteiger partial charge in [0.1, 0.15) is 0 Å². The van der Waals surface area contributed by atoms with Crippen LogP contribution in [-0.2, 0) is 22.5 Å². The molecule has 0 spiro atoms. The van der Waals surface area contributed by atoms with Gasteiger partial charge in [-0.25, -0.2) is 9.13 Å². The zero-order valence-corrected chi connectivity index (χ0v) is 34.1. The van der Waals surface area contributed by atoms with E-state index in [0.29, 0.717) is 0 Å². The van der Waals surface area contributed by atoms with Crippen molar-refractivity contribution in [2.24, 2.45) is 0 Å². The molecule has 0 aliphatic carbocycles. The van der Waals surface area contributed by atoms with Crippen LogP contribution >= 0.6 is 15.6 Å². The lowest BCUT2D eigenvalue weighted by Crippen LogP contribution is -2.01. The SMILES string of the molecule is CC(C)=CCCC(C)=CCCC(C)=CCOP(=O)(OCC=C(C)CCC=C(C)CCC=C(C)CC/C=C(\C)CCC=C(C)C)OP(=O)(O)O. The monoisotopic (exact) mass is 722 g/mol. The van der Waals surface area contributed by atoms with Crippen LogP contribution in [0.5, 0.6) is 0 Å². The Morgan fingerprint density at radius 2 is 0.673 bits per heavy atom. The fourth-order valence-corrected chi connectivity index (χ4v) is 6.74. The Morgan fingerprint density at radius 1 is 0.429 bits per heavy atom. The van der Waals surface area contributed by atoms with Gasteiger partial charge >= 0.3 is 15.6 Å². The van der Waals surface area contributed by atoms with Gasteiger partial charge in [0.05, 0.1) is 13.2 Å². The molecule has 0 fully saturated rings. The number of phosphoric ester groups is 1. The van der Waals surface area contributed by atoms with Crippen LogP contribution in [0.1, 0.15) is 146 Å². The Balaban J connectivity index is 4.72. The number of hydrogen-bond acceptors (Lipinski definition) is 5. The molecule has 9 heteroatoms. The summed E-state index contributed by atoms with van der Waals surface area (Å²) in [5, 5.41) is 0. The second-order valence-electron chi connectivity index (χ2n) is 13.7. The van der Waals surface area contributed by atoms with Gasteiger partial charge < -0.3 is 9.79 Å². The van der Waals surface area contributed by atoms with Gasteiger partial charge in [-0.1, -0.05) is 93.2 Å². The standard InChI is InChI=1S/C40H68O7P2/c1-33(2)17-11-19-35(5)21-13-22-37(7)23-14-24-38(8)26-16-28-40(10)30-32-46-49(44,47-48(41,42)43)45-31-29-39(9)27-15-25-36(6)20-12-18-34(3)4/h17-18,21,23,25-26,29-30H,11-16,19-20,22,24,27-28,31-32H2,1-10H3,(H2,41,42,43)/b35-21+,36-25?,37-23?,38-26?,39-29?,40-30?. The van der Waals surface area contributed by atoms with Crippen LogP contribution in [0.15, 0.2) is 93.2 Å². The zero-order valence-electron chi connectivity index (χ0n) is 32.3. The average molecular weight is 723 g/mol. The third-order valence-electron chi connectivity index (χ3n) is 7.84. The molecule has 0 saturated heterocycles. The van der Waals surface area contributed by atoms with Crippen LogP contribution in [0.4, 0.5) is 0 Å². The molecule has 49 heavy (non-hydrogen) atoms. The van der Waals surface area contributed by atoms with E-state index in [1.165, 1.54) is 33.4 Å². The first-order valence-corrected chi connectivity index (χ1v) is 20.8. The van der Waals surface area contributed by atoms with Gasteiger partial charge in [0.25, 0.3) is 0 Å². The molecule has 0 aromatic rings. The molecule has 7 nitrogen and oxygen atoms in total. The molecule has 2 N–H and O–H groups in total. The Bertz CT molecular complexity index is 1310. The first kappa shape index (κ1) is 47.2. The summed E-state index contributed by atoms with van der Waals surface area (Å²) in [5.74, 6) is 0. The minimum Gasteiger partial charge on any atom is -0.302 e. The zero-order chi connectivity index (χ0) is 37.3. The van der Waals surface area contributed by atoms with Crippen LogP contribution in [0, 0.1) is 0 Å². The lowest BCUT2D eigenvalue weighted by atomic mass is 10.0. The highest BCUT2D eigenvalue weighted by molar-refractivity contribution is 7.61. The summed E-state index contributed by atoms with van der Waals surface area (Å²) in [6, 6.07) is 0. The van der Waals surface area contributed by atoms with E-state index in [9.17, 15) is 18.9 Å². The quantitative estimate of drug-likeness (QED) is 0.0677. The molecule has 0 aromatic carbocycles. The van der Waals surface area contributed by atoms with Crippen molar-refractivity contribution in [3.63, 3.8) is 0 Å². The predicted octanol–water partition coefficient (Wildman–Crippen LogP) is 13.5. The van der Waals surface area contributed by atoms with E-state index in [4.69, 9.17) is 9.05 Å². The fraction of sp³-hybridized carbons (Fsp3) is 0.600. The third kappa shape index (κ3) is 30.7. The molecule has 1 unspecified atom stereocenters. The molecule has 0 heterocycles. The highest BCUT2D eigenvalue weighted by Crippen LogP contribution is 2.61. The van der Waals surface area contributed by atoms with Crippen molar-refractivity contribution in [1.29, 1.82) is 0 Å². The van der Waals surface area contributed by atoms with Crippen LogP contribution in [0.2, 0.25) is 0 Å². The second kappa shape index (κ2) is 26.9. The highest BCUT2D eigenvalue weighted by Gasteiger charge is 2.35. The number of phosphoric acid groups is 2. The van der Waals surface area contributed by atoms with E-state index < -0.39 is 15.6 Å². The Kier molecular flexibility index (Phi) is 25.9. The second-order valence-corrected chi connectivity index (χ2v) is 16.8. The molecule has 0 aromatic heterocycles. The predicted molar refractivity (Wildman–Crippen MR) is 209 cm³/mol. The minimum absolute atomic E-state index is 0.151.